The maximum absolute atomic E-state index is 13.7. The minimum absolute atomic E-state index is 0.0743. The molecule has 2 N–H and O–H groups in total. The first-order valence-corrected chi connectivity index (χ1v) is 7.78. The Morgan fingerprint density at radius 2 is 1.95 bits per heavy atom. The predicted molar refractivity (Wildman–Crippen MR) is 71.5 cm³/mol. The van der Waals surface area contributed by atoms with E-state index in [-0.39, 0.29) is 12.2 Å². The van der Waals surface area contributed by atoms with Gasteiger partial charge >= 0.3 is 0 Å². The normalized spacial score (nSPS) is 12.0. The van der Waals surface area contributed by atoms with Crippen LogP contribution in [0.2, 0.25) is 0 Å². The molecule has 0 spiro atoms. The van der Waals surface area contributed by atoms with Gasteiger partial charge in [0.2, 0.25) is 10.0 Å². The standard InChI is InChI=1S/C11H11F2N3O2S2/c1-16(4-8-5-19-6-15-8)20(17,18)11-9(12)2-7(14)3-10(11)13/h2-3,5-6H,4,14H2,1H3. The molecule has 0 amide bonds. The highest BCUT2D eigenvalue weighted by Crippen LogP contribution is 2.25. The van der Waals surface area contributed by atoms with Gasteiger partial charge < -0.3 is 5.73 Å². The first kappa shape index (κ1) is 14.8. The zero-order valence-corrected chi connectivity index (χ0v) is 12.0. The second kappa shape index (κ2) is 5.43. The summed E-state index contributed by atoms with van der Waals surface area (Å²) in [4.78, 5) is 2.92. The number of hydrogen-bond donors (Lipinski definition) is 1. The van der Waals surface area contributed by atoms with Crippen molar-refractivity contribution < 1.29 is 17.2 Å². The van der Waals surface area contributed by atoms with E-state index >= 15 is 0 Å². The number of halogens is 2. The molecule has 108 valence electrons. The smallest absolute Gasteiger partial charge is 0.249 e. The van der Waals surface area contributed by atoms with E-state index in [1.54, 1.807) is 10.9 Å². The maximum atomic E-state index is 13.7. The molecule has 9 heteroatoms. The maximum Gasteiger partial charge on any atom is 0.249 e. The van der Waals surface area contributed by atoms with E-state index in [9.17, 15) is 17.2 Å². The molecule has 5 nitrogen and oxygen atoms in total. The number of sulfonamides is 1. The van der Waals surface area contributed by atoms with Crippen LogP contribution < -0.4 is 5.73 Å². The molecular formula is C11H11F2N3O2S2. The van der Waals surface area contributed by atoms with Crippen LogP contribution in [-0.4, -0.2) is 24.8 Å². The minimum atomic E-state index is -4.30. The summed E-state index contributed by atoms with van der Waals surface area (Å²) in [5.74, 6) is -2.43. The Balaban J connectivity index is 2.40. The van der Waals surface area contributed by atoms with Gasteiger partial charge in [0.05, 0.1) is 17.7 Å². The number of rotatable bonds is 4. The lowest BCUT2D eigenvalue weighted by molar-refractivity contribution is 0.445. The third-order valence-corrected chi connectivity index (χ3v) is 5.05. The summed E-state index contributed by atoms with van der Waals surface area (Å²) >= 11 is 1.30. The Bertz CT molecular complexity index is 694. The Morgan fingerprint density at radius 1 is 1.35 bits per heavy atom. The van der Waals surface area contributed by atoms with E-state index in [1.165, 1.54) is 18.4 Å². The third-order valence-electron chi connectivity index (χ3n) is 2.56. The number of nitrogens with two attached hydrogens (primary N) is 1. The van der Waals surface area contributed by atoms with E-state index in [0.29, 0.717) is 5.69 Å². The molecule has 0 fully saturated rings. The van der Waals surface area contributed by atoms with Gasteiger partial charge in [-0.15, -0.1) is 11.3 Å². The van der Waals surface area contributed by atoms with Gasteiger partial charge in [0.15, 0.2) is 4.90 Å². The van der Waals surface area contributed by atoms with Gasteiger partial charge in [0.25, 0.3) is 0 Å². The van der Waals surface area contributed by atoms with E-state index in [4.69, 9.17) is 5.73 Å². The summed E-state index contributed by atoms with van der Waals surface area (Å²) in [6.45, 7) is -0.0743. The van der Waals surface area contributed by atoms with Crippen LogP contribution in [0, 0.1) is 11.6 Å². The van der Waals surface area contributed by atoms with E-state index in [2.05, 4.69) is 4.98 Å². The van der Waals surface area contributed by atoms with Gasteiger partial charge in [-0.25, -0.2) is 22.2 Å². The number of nitrogen functional groups attached to an aromatic ring is 1. The molecule has 0 unspecified atom stereocenters. The third kappa shape index (κ3) is 2.79. The molecule has 0 saturated heterocycles. The van der Waals surface area contributed by atoms with Crippen molar-refractivity contribution in [2.24, 2.45) is 0 Å². The lowest BCUT2D eigenvalue weighted by Crippen LogP contribution is -2.28. The van der Waals surface area contributed by atoms with E-state index < -0.39 is 26.6 Å². The highest BCUT2D eigenvalue weighted by Gasteiger charge is 2.29. The van der Waals surface area contributed by atoms with Gasteiger partial charge in [-0.1, -0.05) is 0 Å². The van der Waals surface area contributed by atoms with Crippen LogP contribution in [0.15, 0.2) is 27.9 Å². The molecular weight excluding hydrogens is 308 g/mol. The van der Waals surface area contributed by atoms with Crippen molar-refractivity contribution in [3.8, 4) is 0 Å². The zero-order chi connectivity index (χ0) is 14.9. The molecule has 0 aliphatic heterocycles. The molecule has 0 radical (unpaired) electrons. The SMILES string of the molecule is CN(Cc1cscn1)S(=O)(=O)c1c(F)cc(N)cc1F. The van der Waals surface area contributed by atoms with Crippen LogP contribution >= 0.6 is 11.3 Å². The van der Waals surface area contributed by atoms with Crippen molar-refractivity contribution in [2.75, 3.05) is 12.8 Å². The Kier molecular flexibility index (Phi) is 4.02. The fourth-order valence-corrected chi connectivity index (χ4v) is 3.38. The summed E-state index contributed by atoms with van der Waals surface area (Å²) in [6.07, 6.45) is 0. The van der Waals surface area contributed by atoms with Crippen molar-refractivity contribution >= 4 is 27.0 Å². The van der Waals surface area contributed by atoms with Gasteiger partial charge in [-0.2, -0.15) is 4.31 Å². The molecule has 0 saturated carbocycles. The quantitative estimate of drug-likeness (QED) is 0.872. The van der Waals surface area contributed by atoms with Gasteiger partial charge in [-0.05, 0) is 12.1 Å². The highest BCUT2D eigenvalue weighted by atomic mass is 32.2. The van der Waals surface area contributed by atoms with Crippen molar-refractivity contribution in [1.29, 1.82) is 0 Å². The van der Waals surface area contributed by atoms with E-state index in [1.807, 2.05) is 0 Å². The van der Waals surface area contributed by atoms with Crippen LogP contribution in [-0.2, 0) is 16.6 Å². The lowest BCUT2D eigenvalue weighted by atomic mass is 10.3. The van der Waals surface area contributed by atoms with Crippen LogP contribution in [0.25, 0.3) is 0 Å². The number of anilines is 1. The number of benzene rings is 1. The molecule has 1 aromatic carbocycles. The first-order valence-electron chi connectivity index (χ1n) is 5.40. The summed E-state index contributed by atoms with van der Waals surface area (Å²) in [6, 6.07) is 1.54. The topological polar surface area (TPSA) is 76.3 Å². The molecule has 1 aromatic heterocycles. The number of thiazole rings is 1. The minimum Gasteiger partial charge on any atom is -0.399 e. The molecule has 0 atom stereocenters. The molecule has 0 aliphatic carbocycles. The van der Waals surface area contributed by atoms with Crippen LogP contribution in [0.3, 0.4) is 0 Å². The second-order valence-electron chi connectivity index (χ2n) is 4.05. The second-order valence-corrected chi connectivity index (χ2v) is 6.75. The Hall–Kier alpha value is -1.58. The summed E-state index contributed by atoms with van der Waals surface area (Å²) in [5, 5.41) is 1.65. The number of aromatic nitrogens is 1. The average Bonchev–Trinajstić information content (AvgIpc) is 2.79. The fourth-order valence-electron chi connectivity index (χ4n) is 1.61. The van der Waals surface area contributed by atoms with Crippen molar-refractivity contribution in [3.63, 3.8) is 0 Å². The van der Waals surface area contributed by atoms with Crippen molar-refractivity contribution in [2.45, 2.75) is 11.4 Å². The monoisotopic (exact) mass is 319 g/mol. The number of nitrogens with zero attached hydrogens (tertiary/aromatic N) is 2. The number of hydrogen-bond acceptors (Lipinski definition) is 5. The summed E-state index contributed by atoms with van der Waals surface area (Å²) in [7, 11) is -3.07. The van der Waals surface area contributed by atoms with Gasteiger partial charge in [0, 0.05) is 18.1 Å². The van der Waals surface area contributed by atoms with Gasteiger partial charge in [0.1, 0.15) is 11.6 Å². The highest BCUT2D eigenvalue weighted by molar-refractivity contribution is 7.89. The molecule has 2 rings (SSSR count). The Labute approximate surface area is 118 Å². The fraction of sp³-hybridized carbons (Fsp3) is 0.182. The molecule has 0 aliphatic rings. The summed E-state index contributed by atoms with van der Waals surface area (Å²) < 4.78 is 52.6. The van der Waals surface area contributed by atoms with Crippen LogP contribution in [0.4, 0.5) is 14.5 Å². The molecule has 20 heavy (non-hydrogen) atoms. The van der Waals surface area contributed by atoms with Crippen LogP contribution in [0.5, 0.6) is 0 Å². The van der Waals surface area contributed by atoms with Crippen molar-refractivity contribution in [3.05, 3.63) is 40.4 Å². The average molecular weight is 319 g/mol. The first-order chi connectivity index (χ1) is 9.32. The largest absolute Gasteiger partial charge is 0.399 e. The van der Waals surface area contributed by atoms with Crippen molar-refractivity contribution in [1.82, 2.24) is 9.29 Å². The zero-order valence-electron chi connectivity index (χ0n) is 10.4. The van der Waals surface area contributed by atoms with E-state index in [0.717, 1.165) is 16.4 Å². The molecule has 1 heterocycles. The lowest BCUT2D eigenvalue weighted by Gasteiger charge is -2.17. The molecule has 2 aromatic rings. The van der Waals surface area contributed by atoms with Gasteiger partial charge in [-0.3, -0.25) is 0 Å². The molecule has 0 bridgehead atoms. The predicted octanol–water partition coefficient (Wildman–Crippen LogP) is 1.82. The Morgan fingerprint density at radius 3 is 2.45 bits per heavy atom. The van der Waals surface area contributed by atoms with Crippen LogP contribution in [0.1, 0.15) is 5.69 Å². The summed E-state index contributed by atoms with van der Waals surface area (Å²) in [5.41, 5.74) is 7.12.